The molecule has 0 unspecified atom stereocenters. The third-order valence-corrected chi connectivity index (χ3v) is 5.05. The molecule has 3 amide bonds. The maximum absolute atomic E-state index is 12.7. The average Bonchev–Trinajstić information content (AvgIpc) is 3.04. The number of carbonyl (C=O) groups excluding carboxylic acids is 4. The zero-order valence-electron chi connectivity index (χ0n) is 15.6. The first-order chi connectivity index (χ1) is 13.5. The summed E-state index contributed by atoms with van der Waals surface area (Å²) in [6.07, 6.45) is 3.75. The van der Waals surface area contributed by atoms with Gasteiger partial charge in [0.2, 0.25) is 0 Å². The Morgan fingerprint density at radius 1 is 1.04 bits per heavy atom. The van der Waals surface area contributed by atoms with Crippen LogP contribution in [0, 0.1) is 5.92 Å². The minimum Gasteiger partial charge on any atom is -0.445 e. The van der Waals surface area contributed by atoms with Crippen LogP contribution in [0.2, 0.25) is 0 Å². The number of amides is 3. The second-order valence-corrected chi connectivity index (χ2v) is 7.07. The topological polar surface area (TPSA) is 102 Å². The number of hydrogen-bond acceptors (Lipinski definition) is 6. The summed E-state index contributed by atoms with van der Waals surface area (Å²) in [5.74, 6) is -2.04. The van der Waals surface area contributed by atoms with Crippen LogP contribution < -0.4 is 5.32 Å². The Morgan fingerprint density at radius 3 is 2.32 bits per heavy atom. The number of nitrogens with zero attached hydrogens (tertiary/aromatic N) is 1. The standard InChI is InChI=1S/C20H24N2O6/c23-16-11-12-17(24)22(16)28-19(25)18(15-9-5-2-6-10-15)21-20(26)27-13-14-7-3-1-4-8-14/h1,3-4,7-8,15,18H,2,5-6,9-13H2,(H,21,26)/t18-/m1/s1. The van der Waals surface area contributed by atoms with Gasteiger partial charge < -0.3 is 14.9 Å². The number of rotatable bonds is 6. The van der Waals surface area contributed by atoms with Crippen LogP contribution in [-0.4, -0.2) is 35.0 Å². The molecule has 1 heterocycles. The molecule has 1 aromatic rings. The largest absolute Gasteiger partial charge is 0.445 e. The highest BCUT2D eigenvalue weighted by molar-refractivity contribution is 6.01. The molecule has 8 heteroatoms. The van der Waals surface area contributed by atoms with Crippen molar-refractivity contribution in [2.45, 2.75) is 57.6 Å². The normalized spacial score (nSPS) is 18.6. The van der Waals surface area contributed by atoms with Crippen LogP contribution in [0.1, 0.15) is 50.5 Å². The van der Waals surface area contributed by atoms with Crippen molar-refractivity contribution >= 4 is 23.9 Å². The second kappa shape index (κ2) is 9.34. The molecule has 1 aromatic carbocycles. The number of ether oxygens (including phenoxy) is 1. The minimum atomic E-state index is -0.968. The molecule has 150 valence electrons. The number of hydroxylamine groups is 2. The summed E-state index contributed by atoms with van der Waals surface area (Å²) in [4.78, 5) is 53.4. The molecular weight excluding hydrogens is 364 g/mol. The first-order valence-corrected chi connectivity index (χ1v) is 9.59. The van der Waals surface area contributed by atoms with E-state index < -0.39 is 29.9 Å². The molecule has 1 N–H and O–H groups in total. The van der Waals surface area contributed by atoms with Crippen molar-refractivity contribution in [3.05, 3.63) is 35.9 Å². The molecule has 0 spiro atoms. The number of hydrogen-bond donors (Lipinski definition) is 1. The highest BCUT2D eigenvalue weighted by Gasteiger charge is 2.38. The lowest BCUT2D eigenvalue weighted by molar-refractivity contribution is -0.200. The molecule has 3 rings (SSSR count). The lowest BCUT2D eigenvalue weighted by Gasteiger charge is -2.29. The molecule has 1 saturated carbocycles. The minimum absolute atomic E-state index is 0.0206. The van der Waals surface area contributed by atoms with E-state index in [4.69, 9.17) is 9.57 Å². The van der Waals surface area contributed by atoms with Crippen molar-refractivity contribution in [3.63, 3.8) is 0 Å². The summed E-state index contributed by atoms with van der Waals surface area (Å²) < 4.78 is 5.21. The number of carbonyl (C=O) groups is 4. The molecule has 0 aromatic heterocycles. The van der Waals surface area contributed by atoms with Crippen molar-refractivity contribution in [3.8, 4) is 0 Å². The maximum Gasteiger partial charge on any atom is 0.408 e. The SMILES string of the molecule is O=C(N[C@@H](C(=O)ON1C(=O)CCC1=O)C1CCCCC1)OCc1ccccc1. The zero-order chi connectivity index (χ0) is 19.9. The Hall–Kier alpha value is -2.90. The van der Waals surface area contributed by atoms with Gasteiger partial charge >= 0.3 is 12.1 Å². The summed E-state index contributed by atoms with van der Waals surface area (Å²) in [6, 6.07) is 8.21. The van der Waals surface area contributed by atoms with Gasteiger partial charge in [-0.1, -0.05) is 49.6 Å². The van der Waals surface area contributed by atoms with Gasteiger partial charge in [0.25, 0.3) is 11.8 Å². The van der Waals surface area contributed by atoms with Gasteiger partial charge in [-0.3, -0.25) is 9.59 Å². The van der Waals surface area contributed by atoms with Gasteiger partial charge in [-0.25, -0.2) is 9.59 Å². The number of imide groups is 1. The highest BCUT2D eigenvalue weighted by Crippen LogP contribution is 2.28. The van der Waals surface area contributed by atoms with E-state index in [1.165, 1.54) is 0 Å². The second-order valence-electron chi connectivity index (χ2n) is 7.07. The van der Waals surface area contributed by atoms with Crippen LogP contribution in [0.25, 0.3) is 0 Å². The average molecular weight is 388 g/mol. The fourth-order valence-electron chi connectivity index (χ4n) is 3.53. The van der Waals surface area contributed by atoms with Crippen LogP contribution >= 0.6 is 0 Å². The third-order valence-electron chi connectivity index (χ3n) is 5.05. The molecule has 1 atom stereocenters. The summed E-state index contributed by atoms with van der Waals surface area (Å²) in [5.41, 5.74) is 0.822. The van der Waals surface area contributed by atoms with Crippen LogP contribution in [0.3, 0.4) is 0 Å². The van der Waals surface area contributed by atoms with Crippen LogP contribution in [0.15, 0.2) is 30.3 Å². The summed E-state index contributed by atoms with van der Waals surface area (Å²) in [5, 5.41) is 3.08. The van der Waals surface area contributed by atoms with Crippen molar-refractivity contribution in [2.75, 3.05) is 0 Å². The van der Waals surface area contributed by atoms with E-state index in [1.54, 1.807) is 0 Å². The third kappa shape index (κ3) is 5.09. The molecule has 2 fully saturated rings. The highest BCUT2D eigenvalue weighted by atomic mass is 16.7. The van der Waals surface area contributed by atoms with Gasteiger partial charge in [0.15, 0.2) is 0 Å². The van der Waals surface area contributed by atoms with E-state index in [0.29, 0.717) is 5.06 Å². The molecule has 1 aliphatic heterocycles. The van der Waals surface area contributed by atoms with E-state index in [1.807, 2.05) is 30.3 Å². The molecule has 1 aliphatic carbocycles. The molecule has 0 radical (unpaired) electrons. The van der Waals surface area contributed by atoms with E-state index in [2.05, 4.69) is 5.32 Å². The molecule has 0 bridgehead atoms. The Labute approximate surface area is 163 Å². The maximum atomic E-state index is 12.7. The Morgan fingerprint density at radius 2 is 1.68 bits per heavy atom. The quantitative estimate of drug-likeness (QED) is 0.751. The number of nitrogens with one attached hydrogen (secondary N) is 1. The Bertz CT molecular complexity index is 713. The Kier molecular flexibility index (Phi) is 6.62. The van der Waals surface area contributed by atoms with Crippen LogP contribution in [0.5, 0.6) is 0 Å². The van der Waals surface area contributed by atoms with Crippen molar-refractivity contribution in [2.24, 2.45) is 5.92 Å². The first kappa shape index (κ1) is 19.9. The molecule has 2 aliphatic rings. The van der Waals surface area contributed by atoms with Gasteiger partial charge in [0.05, 0.1) is 0 Å². The zero-order valence-corrected chi connectivity index (χ0v) is 15.6. The van der Waals surface area contributed by atoms with Gasteiger partial charge in [-0.05, 0) is 24.3 Å². The van der Waals surface area contributed by atoms with E-state index >= 15 is 0 Å². The predicted molar refractivity (Wildman–Crippen MR) is 97.3 cm³/mol. The predicted octanol–water partition coefficient (Wildman–Crippen LogP) is 2.47. The number of alkyl carbamates (subject to hydrolysis) is 1. The van der Waals surface area contributed by atoms with Gasteiger partial charge in [0.1, 0.15) is 12.6 Å². The molecule has 28 heavy (non-hydrogen) atoms. The van der Waals surface area contributed by atoms with Crippen molar-refractivity contribution < 1.29 is 28.8 Å². The van der Waals surface area contributed by atoms with Gasteiger partial charge in [0, 0.05) is 12.8 Å². The fraction of sp³-hybridized carbons (Fsp3) is 0.500. The van der Waals surface area contributed by atoms with Crippen LogP contribution in [-0.2, 0) is 30.6 Å². The summed E-state index contributed by atoms with van der Waals surface area (Å²) >= 11 is 0. The van der Waals surface area contributed by atoms with Crippen molar-refractivity contribution in [1.82, 2.24) is 10.4 Å². The number of benzene rings is 1. The smallest absolute Gasteiger partial charge is 0.408 e. The lowest BCUT2D eigenvalue weighted by Crippen LogP contribution is -2.49. The Balaban J connectivity index is 1.62. The first-order valence-electron chi connectivity index (χ1n) is 9.59. The van der Waals surface area contributed by atoms with E-state index in [9.17, 15) is 19.2 Å². The van der Waals surface area contributed by atoms with E-state index in [0.717, 1.165) is 37.7 Å². The summed E-state index contributed by atoms with van der Waals surface area (Å²) in [7, 11) is 0. The molecule has 8 nitrogen and oxygen atoms in total. The lowest BCUT2D eigenvalue weighted by atomic mass is 9.84. The summed E-state index contributed by atoms with van der Waals surface area (Å²) in [6.45, 7) is 0.0716. The van der Waals surface area contributed by atoms with Crippen molar-refractivity contribution in [1.29, 1.82) is 0 Å². The fourth-order valence-corrected chi connectivity index (χ4v) is 3.53. The monoisotopic (exact) mass is 388 g/mol. The molecule has 1 saturated heterocycles. The van der Waals surface area contributed by atoms with Crippen LogP contribution in [0.4, 0.5) is 4.79 Å². The molecular formula is C20H24N2O6. The van der Waals surface area contributed by atoms with E-state index in [-0.39, 0.29) is 25.4 Å². The van der Waals surface area contributed by atoms with Gasteiger partial charge in [-0.15, -0.1) is 5.06 Å². The van der Waals surface area contributed by atoms with Gasteiger partial charge in [-0.2, -0.15) is 0 Å².